The Labute approximate surface area is 151 Å². The molecule has 1 N–H and O–H groups in total. The minimum atomic E-state index is -0.195. The highest BCUT2D eigenvalue weighted by atomic mass is 16.3. The van der Waals surface area contributed by atoms with Crippen molar-refractivity contribution in [2.45, 2.75) is 130 Å². The predicted molar refractivity (Wildman–Crippen MR) is 107 cm³/mol. The first-order chi connectivity index (χ1) is 11.7. The average Bonchev–Trinajstić information content (AvgIpc) is 2.60. The van der Waals surface area contributed by atoms with Gasteiger partial charge in [-0.1, -0.05) is 110 Å². The van der Waals surface area contributed by atoms with Crippen molar-refractivity contribution in [1.29, 1.82) is 0 Å². The smallest absolute Gasteiger partial charge is 0.142 e. The Balaban J connectivity index is 4.02. The molecule has 2 unspecified atom stereocenters. The van der Waals surface area contributed by atoms with Crippen molar-refractivity contribution in [3.63, 3.8) is 0 Å². The van der Waals surface area contributed by atoms with Gasteiger partial charge in [-0.2, -0.15) is 0 Å². The zero-order valence-electron chi connectivity index (χ0n) is 17.0. The maximum Gasteiger partial charge on any atom is 0.142 e. The first-order valence-corrected chi connectivity index (χ1v) is 10.8. The van der Waals surface area contributed by atoms with Gasteiger partial charge in [0, 0.05) is 6.04 Å². The third kappa shape index (κ3) is 12.0. The minimum absolute atomic E-state index is 0.195. The molecule has 0 rings (SSSR count). The zero-order valence-corrected chi connectivity index (χ0v) is 17.0. The minimum Gasteiger partial charge on any atom is -0.290 e. The van der Waals surface area contributed by atoms with Crippen molar-refractivity contribution in [3.8, 4) is 0 Å². The van der Waals surface area contributed by atoms with E-state index in [1.54, 1.807) is 0 Å². The summed E-state index contributed by atoms with van der Waals surface area (Å²) >= 11 is 0. The van der Waals surface area contributed by atoms with Crippen LogP contribution in [0.3, 0.4) is 0 Å². The molecule has 0 heterocycles. The first-order valence-electron chi connectivity index (χ1n) is 10.8. The normalized spacial score (nSPS) is 14.0. The molecule has 0 amide bonds. The second-order valence-corrected chi connectivity index (χ2v) is 7.38. The number of nitrogens with zero attached hydrogens (tertiary/aromatic N) is 1. The molecule has 3 heteroatoms. The van der Waals surface area contributed by atoms with Gasteiger partial charge in [0.25, 0.3) is 0 Å². The van der Waals surface area contributed by atoms with E-state index in [1.165, 1.54) is 77.0 Å². The number of hydrogen-bond donors (Lipinski definition) is 1. The van der Waals surface area contributed by atoms with Crippen LogP contribution in [0.5, 0.6) is 0 Å². The Bertz CT molecular complexity index is 267. The average molecular weight is 341 g/mol. The van der Waals surface area contributed by atoms with E-state index in [1.807, 2.05) is 0 Å². The van der Waals surface area contributed by atoms with Gasteiger partial charge in [0.1, 0.15) is 6.17 Å². The van der Waals surface area contributed by atoms with Crippen LogP contribution in [0, 0.1) is 10.8 Å². The molecule has 0 aliphatic heterocycles. The molecule has 0 bridgehead atoms. The molecule has 0 saturated carbocycles. The number of unbranched alkanes of at least 4 members (excludes halogenated alkanes) is 8. The molecule has 2 atom stereocenters. The molecular formula is C21H44N2O. The quantitative estimate of drug-likeness (QED) is 0.212. The lowest BCUT2D eigenvalue weighted by molar-refractivity contribution is 0.277. The molecule has 3 nitrogen and oxygen atoms in total. The highest BCUT2D eigenvalue weighted by Gasteiger charge is 2.21. The molecular weight excluding hydrogens is 296 g/mol. The third-order valence-electron chi connectivity index (χ3n) is 5.33. The molecule has 0 radical (unpaired) electrons. The summed E-state index contributed by atoms with van der Waals surface area (Å²) in [6, 6.07) is 0.457. The van der Waals surface area contributed by atoms with Gasteiger partial charge in [-0.25, -0.2) is 0 Å². The first kappa shape index (κ1) is 23.6. The third-order valence-corrected chi connectivity index (χ3v) is 5.33. The molecule has 0 aromatic rings. The summed E-state index contributed by atoms with van der Waals surface area (Å²) in [5, 5.41) is 6.85. The van der Waals surface area contributed by atoms with E-state index >= 15 is 0 Å². The molecule has 0 aromatic heterocycles. The Kier molecular flexibility index (Phi) is 17.1. The predicted octanol–water partition coefficient (Wildman–Crippen LogP) is 7.19. The fraction of sp³-hybridized carbons (Fsp3) is 1.00. The lowest BCUT2D eigenvalue weighted by Crippen LogP contribution is -2.41. The van der Waals surface area contributed by atoms with Gasteiger partial charge in [0.15, 0.2) is 0 Å². The van der Waals surface area contributed by atoms with Crippen LogP contribution >= 0.6 is 0 Å². The van der Waals surface area contributed by atoms with Crippen LogP contribution in [-0.2, 0) is 0 Å². The summed E-state index contributed by atoms with van der Waals surface area (Å²) in [4.78, 5) is 11.0. The van der Waals surface area contributed by atoms with Crippen LogP contribution in [0.15, 0.2) is 5.18 Å². The highest BCUT2D eigenvalue weighted by Crippen LogP contribution is 2.21. The van der Waals surface area contributed by atoms with Gasteiger partial charge < -0.3 is 0 Å². The van der Waals surface area contributed by atoms with E-state index < -0.39 is 0 Å². The molecule has 144 valence electrons. The largest absolute Gasteiger partial charge is 0.290 e. The van der Waals surface area contributed by atoms with Gasteiger partial charge in [-0.3, -0.25) is 5.32 Å². The Morgan fingerprint density at radius 1 is 0.708 bits per heavy atom. The second kappa shape index (κ2) is 17.4. The lowest BCUT2D eigenvalue weighted by atomic mass is 9.89. The van der Waals surface area contributed by atoms with Crippen LogP contribution in [-0.4, -0.2) is 12.2 Å². The molecule has 0 fully saturated rings. The van der Waals surface area contributed by atoms with Crippen LogP contribution in [0.2, 0.25) is 0 Å². The highest BCUT2D eigenvalue weighted by molar-refractivity contribution is 4.78. The maximum atomic E-state index is 11.0. The number of nitroso groups, excluding NO2 is 1. The summed E-state index contributed by atoms with van der Waals surface area (Å²) in [5.41, 5.74) is 0. The molecule has 0 spiro atoms. The molecule has 0 aliphatic carbocycles. The van der Waals surface area contributed by atoms with Crippen LogP contribution in [0.25, 0.3) is 0 Å². The van der Waals surface area contributed by atoms with E-state index in [4.69, 9.17) is 0 Å². The second-order valence-electron chi connectivity index (χ2n) is 7.38. The number of hydrogen-bond acceptors (Lipinski definition) is 3. The summed E-state index contributed by atoms with van der Waals surface area (Å²) in [6.45, 7) is 8.92. The summed E-state index contributed by atoms with van der Waals surface area (Å²) in [6.07, 6.45) is 17.6. The van der Waals surface area contributed by atoms with Gasteiger partial charge in [0.05, 0.1) is 0 Å². The van der Waals surface area contributed by atoms with Crippen molar-refractivity contribution >= 4 is 0 Å². The van der Waals surface area contributed by atoms with E-state index in [0.717, 1.165) is 12.8 Å². The van der Waals surface area contributed by atoms with E-state index in [9.17, 15) is 4.91 Å². The van der Waals surface area contributed by atoms with Crippen molar-refractivity contribution in [1.82, 2.24) is 5.32 Å². The van der Waals surface area contributed by atoms with Gasteiger partial charge in [0.2, 0.25) is 0 Å². The fourth-order valence-electron chi connectivity index (χ4n) is 3.67. The topological polar surface area (TPSA) is 41.5 Å². The molecule has 0 saturated heterocycles. The van der Waals surface area contributed by atoms with E-state index in [0.29, 0.717) is 12.0 Å². The maximum absolute atomic E-state index is 11.0. The van der Waals surface area contributed by atoms with Crippen molar-refractivity contribution in [2.75, 3.05) is 0 Å². The fourth-order valence-corrected chi connectivity index (χ4v) is 3.67. The van der Waals surface area contributed by atoms with Gasteiger partial charge in [-0.15, -0.1) is 4.91 Å². The van der Waals surface area contributed by atoms with Crippen molar-refractivity contribution in [3.05, 3.63) is 4.91 Å². The lowest BCUT2D eigenvalue weighted by Gasteiger charge is -2.28. The van der Waals surface area contributed by atoms with Crippen molar-refractivity contribution < 1.29 is 0 Å². The Morgan fingerprint density at radius 3 is 1.71 bits per heavy atom. The van der Waals surface area contributed by atoms with Gasteiger partial charge in [-0.05, 0) is 18.8 Å². The Hall–Kier alpha value is -0.440. The summed E-state index contributed by atoms with van der Waals surface area (Å²) in [5.74, 6) is 0.667. The number of rotatable bonds is 18. The van der Waals surface area contributed by atoms with Crippen molar-refractivity contribution in [2.24, 2.45) is 11.1 Å². The molecule has 0 aromatic carbocycles. The zero-order chi connectivity index (χ0) is 18.0. The molecule has 0 aliphatic rings. The van der Waals surface area contributed by atoms with Gasteiger partial charge >= 0.3 is 0 Å². The van der Waals surface area contributed by atoms with E-state index in [-0.39, 0.29) is 6.17 Å². The SMILES string of the molecule is CCCCCCCCCCCC(NC(CCC)N=O)C(CC)CC. The van der Waals surface area contributed by atoms with Crippen LogP contribution in [0.4, 0.5) is 0 Å². The number of nitrogens with one attached hydrogen (secondary N) is 1. The van der Waals surface area contributed by atoms with Crippen LogP contribution in [0.1, 0.15) is 118 Å². The molecule has 24 heavy (non-hydrogen) atoms. The summed E-state index contributed by atoms with van der Waals surface area (Å²) in [7, 11) is 0. The summed E-state index contributed by atoms with van der Waals surface area (Å²) < 4.78 is 0. The van der Waals surface area contributed by atoms with E-state index in [2.05, 4.69) is 38.2 Å². The van der Waals surface area contributed by atoms with Crippen LogP contribution < -0.4 is 5.32 Å². The Morgan fingerprint density at radius 2 is 1.25 bits per heavy atom. The standard InChI is InChI=1S/C21H44N2O/c1-5-9-10-11-12-13-14-15-16-18-20(19(7-3)8-4)22-21(23-24)17-6-2/h19-22H,5-18H2,1-4H3. The monoisotopic (exact) mass is 340 g/mol.